The van der Waals surface area contributed by atoms with Gasteiger partial charge in [-0.25, -0.2) is 0 Å². The molecule has 2 fully saturated rings. The summed E-state index contributed by atoms with van der Waals surface area (Å²) in [6, 6.07) is 17.8. The smallest absolute Gasteiger partial charge is 0.254 e. The van der Waals surface area contributed by atoms with E-state index in [2.05, 4.69) is 0 Å². The summed E-state index contributed by atoms with van der Waals surface area (Å²) in [6.45, 7) is 2.49. The van der Waals surface area contributed by atoms with Crippen LogP contribution in [0.15, 0.2) is 54.6 Å². The maximum Gasteiger partial charge on any atom is 0.254 e. The number of piperidine rings is 1. The van der Waals surface area contributed by atoms with Gasteiger partial charge < -0.3 is 14.5 Å². The van der Waals surface area contributed by atoms with Gasteiger partial charge in [-0.3, -0.25) is 9.59 Å². The van der Waals surface area contributed by atoms with E-state index in [1.807, 2.05) is 64.4 Å². The Morgan fingerprint density at radius 3 is 2.48 bits per heavy atom. The number of hydrogen-bond acceptors (Lipinski definition) is 3. The third-order valence-electron chi connectivity index (χ3n) is 6.22. The lowest BCUT2D eigenvalue weighted by Crippen LogP contribution is -2.61. The van der Waals surface area contributed by atoms with E-state index in [0.29, 0.717) is 25.3 Å². The Bertz CT molecular complexity index is 883. The molecule has 0 aliphatic carbocycles. The van der Waals surface area contributed by atoms with Gasteiger partial charge in [0.05, 0.1) is 6.61 Å². The molecule has 152 valence electrons. The lowest BCUT2D eigenvalue weighted by atomic mass is 9.85. The maximum absolute atomic E-state index is 13.5. The highest BCUT2D eigenvalue weighted by Crippen LogP contribution is 2.39. The van der Waals surface area contributed by atoms with Crippen molar-refractivity contribution in [3.05, 3.63) is 60.2 Å². The van der Waals surface area contributed by atoms with Crippen molar-refractivity contribution in [2.45, 2.75) is 31.2 Å². The SMILES string of the molecule is COCCN1CCCC2(CCCN2C(=O)c2cccc(-c3ccccc3)c2)C1=O. The van der Waals surface area contributed by atoms with Gasteiger partial charge in [-0.2, -0.15) is 0 Å². The monoisotopic (exact) mass is 392 g/mol. The summed E-state index contributed by atoms with van der Waals surface area (Å²) < 4.78 is 5.17. The van der Waals surface area contributed by atoms with Crippen LogP contribution in [-0.2, 0) is 9.53 Å². The van der Waals surface area contributed by atoms with Crippen LogP contribution in [0.4, 0.5) is 0 Å². The number of carbonyl (C=O) groups is 2. The molecule has 4 rings (SSSR count). The van der Waals surface area contributed by atoms with E-state index in [1.165, 1.54) is 0 Å². The molecule has 2 aromatic rings. The van der Waals surface area contributed by atoms with Crippen molar-refractivity contribution in [3.63, 3.8) is 0 Å². The first kappa shape index (κ1) is 19.6. The highest BCUT2D eigenvalue weighted by molar-refractivity contribution is 6.00. The minimum atomic E-state index is -0.689. The van der Waals surface area contributed by atoms with E-state index in [1.54, 1.807) is 7.11 Å². The van der Waals surface area contributed by atoms with Gasteiger partial charge in [0.25, 0.3) is 5.91 Å². The molecule has 2 aromatic carbocycles. The first-order valence-corrected chi connectivity index (χ1v) is 10.4. The Kier molecular flexibility index (Phi) is 5.67. The zero-order valence-corrected chi connectivity index (χ0v) is 17.0. The Labute approximate surface area is 172 Å². The molecule has 5 nitrogen and oxygen atoms in total. The van der Waals surface area contributed by atoms with Gasteiger partial charge in [0.15, 0.2) is 0 Å². The molecule has 0 aromatic heterocycles. The minimum Gasteiger partial charge on any atom is -0.383 e. The normalized spacial score (nSPS) is 21.8. The molecule has 2 aliphatic rings. The van der Waals surface area contributed by atoms with Gasteiger partial charge in [0, 0.05) is 32.3 Å². The number of nitrogens with zero attached hydrogens (tertiary/aromatic N) is 2. The summed E-state index contributed by atoms with van der Waals surface area (Å²) in [5, 5.41) is 0. The Balaban J connectivity index is 1.61. The summed E-state index contributed by atoms with van der Waals surface area (Å²) in [6.07, 6.45) is 3.29. The van der Waals surface area contributed by atoms with Gasteiger partial charge in [-0.05, 0) is 48.9 Å². The number of ether oxygens (including phenoxy) is 1. The van der Waals surface area contributed by atoms with Crippen molar-refractivity contribution in [3.8, 4) is 11.1 Å². The Morgan fingerprint density at radius 2 is 1.72 bits per heavy atom. The summed E-state index contributed by atoms with van der Waals surface area (Å²) in [7, 11) is 1.65. The first-order chi connectivity index (χ1) is 14.2. The van der Waals surface area contributed by atoms with Gasteiger partial charge in [0.2, 0.25) is 5.91 Å². The van der Waals surface area contributed by atoms with Crippen LogP contribution in [-0.4, -0.2) is 60.5 Å². The molecule has 0 N–H and O–H groups in total. The fourth-order valence-electron chi connectivity index (χ4n) is 4.76. The van der Waals surface area contributed by atoms with Crippen LogP contribution in [0.5, 0.6) is 0 Å². The molecule has 0 bridgehead atoms. The van der Waals surface area contributed by atoms with Crippen molar-refractivity contribution in [2.24, 2.45) is 0 Å². The van der Waals surface area contributed by atoms with Crippen LogP contribution in [0.1, 0.15) is 36.0 Å². The van der Waals surface area contributed by atoms with Crippen molar-refractivity contribution in [2.75, 3.05) is 33.4 Å². The highest BCUT2D eigenvalue weighted by Gasteiger charge is 2.52. The van der Waals surface area contributed by atoms with Crippen molar-refractivity contribution in [1.82, 2.24) is 9.80 Å². The summed E-state index contributed by atoms with van der Waals surface area (Å²) in [5.41, 5.74) is 2.06. The molecule has 2 saturated heterocycles. The summed E-state index contributed by atoms with van der Waals surface area (Å²) in [4.78, 5) is 30.6. The van der Waals surface area contributed by atoms with Gasteiger partial charge in [-0.1, -0.05) is 42.5 Å². The average Bonchev–Trinajstić information content (AvgIpc) is 3.19. The average molecular weight is 392 g/mol. The van der Waals surface area contributed by atoms with Crippen LogP contribution in [0.3, 0.4) is 0 Å². The Morgan fingerprint density at radius 1 is 1.00 bits per heavy atom. The standard InChI is InChI=1S/C24H28N2O3/c1-29-17-16-25-14-6-12-24(23(25)28)13-7-15-26(24)22(27)21-11-5-10-20(18-21)19-8-3-2-4-9-19/h2-5,8-11,18H,6-7,12-17H2,1H3. The molecule has 5 heteroatoms. The molecule has 1 unspecified atom stereocenters. The lowest BCUT2D eigenvalue weighted by molar-refractivity contribution is -0.146. The zero-order valence-electron chi connectivity index (χ0n) is 17.0. The molecule has 1 atom stereocenters. The van der Waals surface area contributed by atoms with Gasteiger partial charge in [0.1, 0.15) is 5.54 Å². The van der Waals surface area contributed by atoms with E-state index < -0.39 is 5.54 Å². The van der Waals surface area contributed by atoms with E-state index in [-0.39, 0.29) is 11.8 Å². The number of benzene rings is 2. The van der Waals surface area contributed by atoms with E-state index in [0.717, 1.165) is 43.4 Å². The molecule has 0 radical (unpaired) electrons. The second-order valence-electron chi connectivity index (χ2n) is 7.93. The van der Waals surface area contributed by atoms with Crippen molar-refractivity contribution >= 4 is 11.8 Å². The molecule has 1 spiro atoms. The summed E-state index contributed by atoms with van der Waals surface area (Å²) >= 11 is 0. The number of hydrogen-bond donors (Lipinski definition) is 0. The predicted octanol–water partition coefficient (Wildman–Crippen LogP) is 3.60. The maximum atomic E-state index is 13.5. The number of rotatable bonds is 5. The summed E-state index contributed by atoms with van der Waals surface area (Å²) in [5.74, 6) is 0.0492. The third kappa shape index (κ3) is 3.67. The lowest BCUT2D eigenvalue weighted by Gasteiger charge is -2.44. The largest absolute Gasteiger partial charge is 0.383 e. The highest BCUT2D eigenvalue weighted by atomic mass is 16.5. The zero-order chi connectivity index (χ0) is 20.3. The Hall–Kier alpha value is -2.66. The molecule has 2 aliphatic heterocycles. The number of amides is 2. The number of methoxy groups -OCH3 is 1. The fraction of sp³-hybridized carbons (Fsp3) is 0.417. The second kappa shape index (κ2) is 8.37. The van der Waals surface area contributed by atoms with Gasteiger partial charge >= 0.3 is 0 Å². The molecule has 2 heterocycles. The van der Waals surface area contributed by atoms with E-state index >= 15 is 0 Å². The van der Waals surface area contributed by atoms with Crippen molar-refractivity contribution in [1.29, 1.82) is 0 Å². The second-order valence-corrected chi connectivity index (χ2v) is 7.93. The minimum absolute atomic E-state index is 0.0396. The number of carbonyl (C=O) groups excluding carboxylic acids is 2. The quantitative estimate of drug-likeness (QED) is 0.781. The topological polar surface area (TPSA) is 49.9 Å². The predicted molar refractivity (Wildman–Crippen MR) is 113 cm³/mol. The fourth-order valence-corrected chi connectivity index (χ4v) is 4.76. The number of likely N-dealkylation sites (tertiary alicyclic amines) is 2. The van der Waals surface area contributed by atoms with Crippen LogP contribution >= 0.6 is 0 Å². The van der Waals surface area contributed by atoms with Crippen LogP contribution in [0, 0.1) is 0 Å². The van der Waals surface area contributed by atoms with Gasteiger partial charge in [-0.15, -0.1) is 0 Å². The molecular weight excluding hydrogens is 364 g/mol. The van der Waals surface area contributed by atoms with E-state index in [4.69, 9.17) is 4.74 Å². The first-order valence-electron chi connectivity index (χ1n) is 10.4. The molecular formula is C24H28N2O3. The third-order valence-corrected chi connectivity index (χ3v) is 6.22. The molecule has 2 amide bonds. The van der Waals surface area contributed by atoms with E-state index in [9.17, 15) is 9.59 Å². The molecule has 29 heavy (non-hydrogen) atoms. The van der Waals surface area contributed by atoms with Crippen LogP contribution in [0.25, 0.3) is 11.1 Å². The van der Waals surface area contributed by atoms with Crippen LogP contribution < -0.4 is 0 Å². The van der Waals surface area contributed by atoms with Crippen LogP contribution in [0.2, 0.25) is 0 Å². The van der Waals surface area contributed by atoms with Crippen molar-refractivity contribution < 1.29 is 14.3 Å². The molecule has 0 saturated carbocycles.